The highest BCUT2D eigenvalue weighted by molar-refractivity contribution is 6.09. The zero-order valence-electron chi connectivity index (χ0n) is 21.4. The maximum Gasteiger partial charge on any atom is 0.255 e. The number of nitrogens with one attached hydrogen (secondary N) is 2. The molecule has 1 fully saturated rings. The van der Waals surface area contributed by atoms with Crippen LogP contribution in [0.4, 0.5) is 25.8 Å². The number of hydrogen-bond donors (Lipinski definition) is 2. The van der Waals surface area contributed by atoms with Gasteiger partial charge in [-0.3, -0.25) is 14.4 Å². The highest BCUT2D eigenvalue weighted by atomic mass is 19.1. The molecule has 7 nitrogen and oxygen atoms in total. The van der Waals surface area contributed by atoms with Gasteiger partial charge in [-0.15, -0.1) is 0 Å². The molecule has 0 unspecified atom stereocenters. The molecule has 0 aliphatic carbocycles. The van der Waals surface area contributed by atoms with E-state index in [1.165, 1.54) is 42.5 Å². The topological polar surface area (TPSA) is 83.4 Å². The van der Waals surface area contributed by atoms with Crippen LogP contribution < -0.4 is 21.1 Å². The van der Waals surface area contributed by atoms with Gasteiger partial charge in [-0.1, -0.05) is 18.2 Å². The lowest BCUT2D eigenvalue weighted by Crippen LogP contribution is -2.47. The zero-order valence-corrected chi connectivity index (χ0v) is 21.4. The SMILES string of the molecule is O=C(Nc1ccccc1F)c1ccc(N2C[C@H]3C[C@@H](C2)c2cccc(=O)n2C3)c(NC(=O)c2ccc(F)cc2)c1. The molecule has 1 aromatic heterocycles. The number of fused-ring (bicyclic) bond motifs is 4. The summed E-state index contributed by atoms with van der Waals surface area (Å²) in [5.41, 5.74) is 2.66. The molecule has 2 atom stereocenters. The van der Waals surface area contributed by atoms with E-state index in [2.05, 4.69) is 15.5 Å². The van der Waals surface area contributed by atoms with Crippen molar-refractivity contribution in [1.29, 1.82) is 0 Å². The Morgan fingerprint density at radius 2 is 1.48 bits per heavy atom. The number of anilines is 3. The van der Waals surface area contributed by atoms with Crippen LogP contribution in [0.3, 0.4) is 0 Å². The van der Waals surface area contributed by atoms with Gasteiger partial charge < -0.3 is 20.1 Å². The summed E-state index contributed by atoms with van der Waals surface area (Å²) in [5, 5.41) is 5.47. The fourth-order valence-corrected chi connectivity index (χ4v) is 5.70. The monoisotopic (exact) mass is 540 g/mol. The fraction of sp³-hybridized carbons (Fsp3) is 0.194. The third-order valence-electron chi connectivity index (χ3n) is 7.56. The Kier molecular flexibility index (Phi) is 6.63. The molecule has 9 heteroatoms. The second-order valence-electron chi connectivity index (χ2n) is 10.2. The summed E-state index contributed by atoms with van der Waals surface area (Å²) < 4.78 is 29.5. The van der Waals surface area contributed by atoms with Crippen molar-refractivity contribution in [3.63, 3.8) is 0 Å². The maximum absolute atomic E-state index is 14.2. The molecule has 3 aromatic carbocycles. The number of halogens is 2. The molecule has 2 N–H and O–H groups in total. The minimum Gasteiger partial charge on any atom is -0.369 e. The van der Waals surface area contributed by atoms with Gasteiger partial charge in [0.25, 0.3) is 17.4 Å². The van der Waals surface area contributed by atoms with Crippen LogP contribution >= 0.6 is 0 Å². The molecule has 3 heterocycles. The molecule has 1 saturated heterocycles. The smallest absolute Gasteiger partial charge is 0.255 e. The number of rotatable bonds is 5. The molecule has 6 rings (SSSR count). The minimum atomic E-state index is -0.559. The Labute approximate surface area is 229 Å². The second kappa shape index (κ2) is 10.4. The van der Waals surface area contributed by atoms with Crippen molar-refractivity contribution in [2.45, 2.75) is 18.9 Å². The van der Waals surface area contributed by atoms with Gasteiger partial charge in [-0.25, -0.2) is 8.78 Å². The fourth-order valence-electron chi connectivity index (χ4n) is 5.70. The van der Waals surface area contributed by atoms with Crippen molar-refractivity contribution in [1.82, 2.24) is 4.57 Å². The Morgan fingerprint density at radius 3 is 2.27 bits per heavy atom. The number of nitrogens with zero attached hydrogens (tertiary/aromatic N) is 2. The molecule has 0 radical (unpaired) electrons. The van der Waals surface area contributed by atoms with E-state index in [1.54, 1.807) is 36.4 Å². The summed E-state index contributed by atoms with van der Waals surface area (Å²) in [4.78, 5) is 40.8. The molecule has 2 aliphatic rings. The predicted molar refractivity (Wildman–Crippen MR) is 149 cm³/mol. The number of amides is 2. The quantitative estimate of drug-likeness (QED) is 0.362. The summed E-state index contributed by atoms with van der Waals surface area (Å²) in [5.74, 6) is -1.64. The van der Waals surface area contributed by atoms with Crippen LogP contribution in [-0.2, 0) is 6.54 Å². The van der Waals surface area contributed by atoms with Gasteiger partial charge in [0.2, 0.25) is 0 Å². The van der Waals surface area contributed by atoms with Crippen molar-refractivity contribution in [3.8, 4) is 0 Å². The average molecular weight is 541 g/mol. The second-order valence-corrected chi connectivity index (χ2v) is 10.2. The molecule has 0 saturated carbocycles. The van der Waals surface area contributed by atoms with Crippen LogP contribution in [0, 0.1) is 17.6 Å². The lowest BCUT2D eigenvalue weighted by Gasteiger charge is -2.44. The predicted octanol–water partition coefficient (Wildman–Crippen LogP) is 5.25. The van der Waals surface area contributed by atoms with Gasteiger partial charge in [0, 0.05) is 48.4 Å². The number of para-hydroxylation sites is 1. The van der Waals surface area contributed by atoms with Gasteiger partial charge in [0.15, 0.2) is 0 Å². The average Bonchev–Trinajstić information content (AvgIpc) is 2.95. The summed E-state index contributed by atoms with van der Waals surface area (Å²) in [7, 11) is 0. The van der Waals surface area contributed by atoms with Gasteiger partial charge >= 0.3 is 0 Å². The zero-order chi connectivity index (χ0) is 27.8. The van der Waals surface area contributed by atoms with Crippen LogP contribution in [0.5, 0.6) is 0 Å². The first-order chi connectivity index (χ1) is 19.4. The van der Waals surface area contributed by atoms with E-state index in [0.29, 0.717) is 25.3 Å². The highest BCUT2D eigenvalue weighted by Gasteiger charge is 2.35. The molecule has 4 aromatic rings. The number of piperidine rings is 1. The lowest BCUT2D eigenvalue weighted by atomic mass is 9.83. The van der Waals surface area contributed by atoms with Gasteiger partial charge in [-0.05, 0) is 73.0 Å². The Bertz CT molecular complexity index is 1670. The van der Waals surface area contributed by atoms with Crippen LogP contribution in [0.25, 0.3) is 0 Å². The van der Waals surface area contributed by atoms with E-state index < -0.39 is 23.4 Å². The van der Waals surface area contributed by atoms with Crippen molar-refractivity contribution in [3.05, 3.63) is 124 Å². The molecule has 202 valence electrons. The first kappa shape index (κ1) is 25.5. The van der Waals surface area contributed by atoms with Crippen molar-refractivity contribution in [2.24, 2.45) is 5.92 Å². The first-order valence-corrected chi connectivity index (χ1v) is 13.1. The van der Waals surface area contributed by atoms with E-state index >= 15 is 0 Å². The van der Waals surface area contributed by atoms with Crippen LogP contribution in [-0.4, -0.2) is 29.5 Å². The standard InChI is InChI=1S/C31H26F2N4O3/c32-23-11-8-20(9-12-23)30(39)35-26-15-21(31(40)34-25-5-2-1-4-24(25)33)10-13-28(26)36-16-19-14-22(18-36)27-6-3-7-29(38)37(27)17-19/h1-13,15,19,22H,14,16-18H2,(H,34,40)(H,35,39)/t19-,22+/m1/s1. The normalized spacial score (nSPS) is 17.6. The lowest BCUT2D eigenvalue weighted by molar-refractivity contribution is 0.101. The van der Waals surface area contributed by atoms with Gasteiger partial charge in [0.05, 0.1) is 17.1 Å². The summed E-state index contributed by atoms with van der Waals surface area (Å²) in [6, 6.07) is 21.4. The minimum absolute atomic E-state index is 0.00174. The maximum atomic E-state index is 14.2. The van der Waals surface area contributed by atoms with E-state index in [-0.39, 0.29) is 34.2 Å². The summed E-state index contributed by atoms with van der Waals surface area (Å²) in [6.45, 7) is 1.90. The van der Waals surface area contributed by atoms with E-state index in [4.69, 9.17) is 0 Å². The number of carbonyl (C=O) groups excluding carboxylic acids is 2. The van der Waals surface area contributed by atoms with Crippen molar-refractivity contribution in [2.75, 3.05) is 28.6 Å². The third-order valence-corrected chi connectivity index (χ3v) is 7.56. The third kappa shape index (κ3) is 4.98. The molecule has 40 heavy (non-hydrogen) atoms. The van der Waals surface area contributed by atoms with Gasteiger partial charge in [0.1, 0.15) is 11.6 Å². The van der Waals surface area contributed by atoms with E-state index in [9.17, 15) is 23.2 Å². The van der Waals surface area contributed by atoms with E-state index in [0.717, 1.165) is 17.8 Å². The number of pyridine rings is 1. The molecule has 0 spiro atoms. The molecule has 2 bridgehead atoms. The Morgan fingerprint density at radius 1 is 0.750 bits per heavy atom. The molecular formula is C31H26F2N4O3. The number of hydrogen-bond acceptors (Lipinski definition) is 4. The van der Waals surface area contributed by atoms with Gasteiger partial charge in [-0.2, -0.15) is 0 Å². The Balaban J connectivity index is 1.33. The Hall–Kier alpha value is -4.79. The number of benzene rings is 3. The number of aromatic nitrogens is 1. The van der Waals surface area contributed by atoms with Crippen molar-refractivity contribution < 1.29 is 18.4 Å². The molecule has 2 aliphatic heterocycles. The van der Waals surface area contributed by atoms with Crippen LogP contribution in [0.15, 0.2) is 89.7 Å². The van der Waals surface area contributed by atoms with Crippen molar-refractivity contribution >= 4 is 28.9 Å². The number of carbonyl (C=O) groups is 2. The van der Waals surface area contributed by atoms with Crippen LogP contribution in [0.1, 0.15) is 38.7 Å². The molecular weight excluding hydrogens is 514 g/mol. The summed E-state index contributed by atoms with van der Waals surface area (Å²) in [6.07, 6.45) is 0.959. The highest BCUT2D eigenvalue weighted by Crippen LogP contribution is 2.39. The van der Waals surface area contributed by atoms with E-state index in [1.807, 2.05) is 10.6 Å². The largest absolute Gasteiger partial charge is 0.369 e. The first-order valence-electron chi connectivity index (χ1n) is 13.1. The summed E-state index contributed by atoms with van der Waals surface area (Å²) >= 11 is 0. The molecule has 2 amide bonds. The van der Waals surface area contributed by atoms with Crippen LogP contribution in [0.2, 0.25) is 0 Å².